The molecule has 0 atom stereocenters. The monoisotopic (exact) mass is 208 g/mol. The van der Waals surface area contributed by atoms with Gasteiger partial charge in [0.05, 0.1) is 0 Å². The largest absolute Gasteiger partial charge is 0.295 e. The zero-order chi connectivity index (χ0) is 11.7. The molecular weight excluding hydrogens is 184 g/mol. The zero-order valence-electron chi connectivity index (χ0n) is 10.8. The van der Waals surface area contributed by atoms with Gasteiger partial charge >= 0.3 is 0 Å². The molecule has 1 aliphatic carbocycles. The standard InChI is InChI=1S/C14H24O/c1-13(2,3)7-6-11-8-12(15)10-14(4,5)9-11/h8H,6-7,9-10H2,1-5H3. The minimum Gasteiger partial charge on any atom is -0.295 e. The number of allylic oxidation sites excluding steroid dienone is 2. The first-order valence-corrected chi connectivity index (χ1v) is 5.90. The highest BCUT2D eigenvalue weighted by atomic mass is 16.1. The second-order valence-corrected chi connectivity index (χ2v) is 6.85. The van der Waals surface area contributed by atoms with Crippen LogP contribution in [0.4, 0.5) is 0 Å². The van der Waals surface area contributed by atoms with Crippen molar-refractivity contribution in [3.05, 3.63) is 11.6 Å². The molecule has 0 unspecified atom stereocenters. The van der Waals surface area contributed by atoms with Crippen LogP contribution in [0.25, 0.3) is 0 Å². The number of ketones is 1. The van der Waals surface area contributed by atoms with Gasteiger partial charge in [-0.3, -0.25) is 4.79 Å². The summed E-state index contributed by atoms with van der Waals surface area (Å²) in [6, 6.07) is 0. The predicted molar refractivity (Wildman–Crippen MR) is 64.8 cm³/mol. The Bertz CT molecular complexity index is 276. The highest BCUT2D eigenvalue weighted by molar-refractivity contribution is 5.91. The summed E-state index contributed by atoms with van der Waals surface area (Å²) in [5.41, 5.74) is 1.90. The molecular formula is C14H24O. The van der Waals surface area contributed by atoms with Gasteiger partial charge in [-0.05, 0) is 36.2 Å². The van der Waals surface area contributed by atoms with Crippen LogP contribution in [0.3, 0.4) is 0 Å². The van der Waals surface area contributed by atoms with Crippen molar-refractivity contribution >= 4 is 5.78 Å². The van der Waals surface area contributed by atoms with Gasteiger partial charge in [0.25, 0.3) is 0 Å². The molecule has 0 aromatic rings. The molecule has 0 aromatic heterocycles. The maximum absolute atomic E-state index is 11.5. The Morgan fingerprint density at radius 3 is 2.33 bits per heavy atom. The summed E-state index contributed by atoms with van der Waals surface area (Å²) < 4.78 is 0. The van der Waals surface area contributed by atoms with Crippen LogP contribution in [0.15, 0.2) is 11.6 Å². The molecule has 86 valence electrons. The lowest BCUT2D eigenvalue weighted by Crippen LogP contribution is -2.22. The summed E-state index contributed by atoms with van der Waals surface area (Å²) in [4.78, 5) is 11.5. The number of rotatable bonds is 2. The van der Waals surface area contributed by atoms with E-state index in [4.69, 9.17) is 0 Å². The third kappa shape index (κ3) is 4.63. The highest BCUT2D eigenvalue weighted by Crippen LogP contribution is 2.36. The number of carbonyl (C=O) groups excluding carboxylic acids is 1. The van der Waals surface area contributed by atoms with Gasteiger partial charge in [0, 0.05) is 6.42 Å². The summed E-state index contributed by atoms with van der Waals surface area (Å²) in [5.74, 6) is 0.315. The molecule has 0 aromatic carbocycles. The lowest BCUT2D eigenvalue weighted by Gasteiger charge is -2.30. The van der Waals surface area contributed by atoms with Gasteiger partial charge in [0.2, 0.25) is 0 Å². The van der Waals surface area contributed by atoms with E-state index in [1.165, 1.54) is 12.0 Å². The zero-order valence-corrected chi connectivity index (χ0v) is 10.8. The van der Waals surface area contributed by atoms with Gasteiger partial charge < -0.3 is 0 Å². The van der Waals surface area contributed by atoms with E-state index in [2.05, 4.69) is 34.6 Å². The number of hydrogen-bond donors (Lipinski definition) is 0. The van der Waals surface area contributed by atoms with Gasteiger partial charge in [-0.25, -0.2) is 0 Å². The molecule has 0 bridgehead atoms. The highest BCUT2D eigenvalue weighted by Gasteiger charge is 2.27. The molecule has 1 aliphatic rings. The Balaban J connectivity index is 2.59. The second kappa shape index (κ2) is 4.11. The van der Waals surface area contributed by atoms with Gasteiger partial charge in [0.1, 0.15) is 0 Å². The van der Waals surface area contributed by atoms with Crippen LogP contribution in [-0.4, -0.2) is 5.78 Å². The third-order valence-electron chi connectivity index (χ3n) is 2.92. The van der Waals surface area contributed by atoms with E-state index in [9.17, 15) is 4.79 Å². The van der Waals surface area contributed by atoms with Crippen LogP contribution < -0.4 is 0 Å². The second-order valence-electron chi connectivity index (χ2n) is 6.85. The summed E-state index contributed by atoms with van der Waals surface area (Å²) in [5, 5.41) is 0. The van der Waals surface area contributed by atoms with Crippen LogP contribution in [0.2, 0.25) is 0 Å². The predicted octanol–water partition coefficient (Wildman–Crippen LogP) is 4.13. The topological polar surface area (TPSA) is 17.1 Å². The van der Waals surface area contributed by atoms with E-state index in [-0.39, 0.29) is 5.41 Å². The van der Waals surface area contributed by atoms with Crippen molar-refractivity contribution in [1.29, 1.82) is 0 Å². The minimum atomic E-state index is 0.180. The summed E-state index contributed by atoms with van der Waals surface area (Å²) in [6.07, 6.45) is 5.94. The van der Waals surface area contributed by atoms with E-state index in [1.54, 1.807) is 0 Å². The van der Waals surface area contributed by atoms with E-state index >= 15 is 0 Å². The van der Waals surface area contributed by atoms with Crippen molar-refractivity contribution in [1.82, 2.24) is 0 Å². The lowest BCUT2D eigenvalue weighted by molar-refractivity contribution is -0.117. The van der Waals surface area contributed by atoms with Crippen molar-refractivity contribution in [2.24, 2.45) is 10.8 Å². The Hall–Kier alpha value is -0.590. The fourth-order valence-electron chi connectivity index (χ4n) is 2.17. The Morgan fingerprint density at radius 2 is 1.87 bits per heavy atom. The molecule has 0 radical (unpaired) electrons. The number of carbonyl (C=O) groups is 1. The van der Waals surface area contributed by atoms with Crippen LogP contribution in [0, 0.1) is 10.8 Å². The lowest BCUT2D eigenvalue weighted by atomic mass is 9.74. The summed E-state index contributed by atoms with van der Waals surface area (Å²) in [7, 11) is 0. The first-order chi connectivity index (χ1) is 6.68. The van der Waals surface area contributed by atoms with E-state index < -0.39 is 0 Å². The SMILES string of the molecule is CC(C)(C)CCC1=CC(=O)CC(C)(C)C1. The van der Waals surface area contributed by atoms with Gasteiger partial charge in [-0.1, -0.05) is 40.2 Å². The molecule has 0 amide bonds. The average molecular weight is 208 g/mol. The molecule has 15 heavy (non-hydrogen) atoms. The Kier molecular flexibility index (Phi) is 3.42. The molecule has 0 saturated carbocycles. The summed E-state index contributed by atoms with van der Waals surface area (Å²) in [6.45, 7) is 11.1. The molecule has 0 heterocycles. The molecule has 1 rings (SSSR count). The molecule has 0 spiro atoms. The van der Waals surface area contributed by atoms with E-state index in [0.29, 0.717) is 17.6 Å². The smallest absolute Gasteiger partial charge is 0.156 e. The Morgan fingerprint density at radius 1 is 1.27 bits per heavy atom. The van der Waals surface area contributed by atoms with Crippen LogP contribution in [-0.2, 0) is 4.79 Å². The third-order valence-corrected chi connectivity index (χ3v) is 2.92. The van der Waals surface area contributed by atoms with Crippen molar-refractivity contribution in [2.45, 2.75) is 60.3 Å². The Labute approximate surface area is 93.9 Å². The average Bonchev–Trinajstić information content (AvgIpc) is 1.95. The normalized spacial score (nSPS) is 21.4. The fourth-order valence-corrected chi connectivity index (χ4v) is 2.17. The van der Waals surface area contributed by atoms with Gasteiger partial charge in [-0.2, -0.15) is 0 Å². The van der Waals surface area contributed by atoms with Crippen molar-refractivity contribution in [2.75, 3.05) is 0 Å². The molecule has 0 saturated heterocycles. The first kappa shape index (κ1) is 12.5. The van der Waals surface area contributed by atoms with E-state index in [0.717, 1.165) is 12.8 Å². The molecule has 1 heteroatoms. The molecule has 1 nitrogen and oxygen atoms in total. The maximum Gasteiger partial charge on any atom is 0.156 e. The van der Waals surface area contributed by atoms with Crippen molar-refractivity contribution in [3.63, 3.8) is 0 Å². The van der Waals surface area contributed by atoms with Crippen LogP contribution in [0.5, 0.6) is 0 Å². The fraction of sp³-hybridized carbons (Fsp3) is 0.786. The van der Waals surface area contributed by atoms with Crippen molar-refractivity contribution in [3.8, 4) is 0 Å². The van der Waals surface area contributed by atoms with Gasteiger partial charge in [-0.15, -0.1) is 0 Å². The number of hydrogen-bond acceptors (Lipinski definition) is 1. The summed E-state index contributed by atoms with van der Waals surface area (Å²) >= 11 is 0. The maximum atomic E-state index is 11.5. The quantitative estimate of drug-likeness (QED) is 0.667. The van der Waals surface area contributed by atoms with Crippen LogP contribution >= 0.6 is 0 Å². The van der Waals surface area contributed by atoms with E-state index in [1.807, 2.05) is 6.08 Å². The molecule has 0 N–H and O–H groups in total. The van der Waals surface area contributed by atoms with Crippen molar-refractivity contribution < 1.29 is 4.79 Å². The van der Waals surface area contributed by atoms with Gasteiger partial charge in [0.15, 0.2) is 5.78 Å². The first-order valence-electron chi connectivity index (χ1n) is 5.90. The molecule has 0 aliphatic heterocycles. The molecule has 0 fully saturated rings. The minimum absolute atomic E-state index is 0.180. The van der Waals surface area contributed by atoms with Crippen LogP contribution in [0.1, 0.15) is 60.3 Å².